The Bertz CT molecular complexity index is 507. The molecule has 0 amide bonds. The second-order valence-corrected chi connectivity index (χ2v) is 5.10. The van der Waals surface area contributed by atoms with Crippen molar-refractivity contribution < 1.29 is 0 Å². The second-order valence-electron chi connectivity index (χ2n) is 5.10. The average Bonchev–Trinajstić information content (AvgIpc) is 2.90. The van der Waals surface area contributed by atoms with Crippen LogP contribution in [0.4, 0.5) is 0 Å². The summed E-state index contributed by atoms with van der Waals surface area (Å²) in [6.07, 6.45) is 6.72. The topological polar surface area (TPSA) is 29.9 Å². The lowest BCUT2D eigenvalue weighted by atomic mass is 9.94. The third kappa shape index (κ3) is 2.31. The number of nitrogens with zero attached hydrogens (tertiary/aromatic N) is 2. The highest BCUT2D eigenvalue weighted by atomic mass is 15.3. The summed E-state index contributed by atoms with van der Waals surface area (Å²) in [5.41, 5.74) is 3.76. The van der Waals surface area contributed by atoms with Gasteiger partial charge in [0, 0.05) is 12.7 Å². The van der Waals surface area contributed by atoms with E-state index in [9.17, 15) is 0 Å². The summed E-state index contributed by atoms with van der Waals surface area (Å²) in [5.74, 6) is 0.623. The van der Waals surface area contributed by atoms with Gasteiger partial charge in [-0.2, -0.15) is 5.10 Å². The van der Waals surface area contributed by atoms with E-state index in [1.54, 1.807) is 0 Å². The smallest absolute Gasteiger partial charge is 0.0645 e. The second kappa shape index (κ2) is 4.94. The number of benzene rings is 1. The molecule has 3 heteroatoms. The van der Waals surface area contributed by atoms with Crippen molar-refractivity contribution in [2.75, 3.05) is 13.1 Å². The Labute approximate surface area is 108 Å². The molecule has 2 aromatic rings. The Balaban J connectivity index is 1.82. The van der Waals surface area contributed by atoms with Crippen LogP contribution in [0.1, 0.15) is 29.9 Å². The maximum atomic E-state index is 4.48. The Morgan fingerprint density at radius 2 is 2.11 bits per heavy atom. The first-order valence-corrected chi connectivity index (χ1v) is 6.65. The van der Waals surface area contributed by atoms with Crippen molar-refractivity contribution in [3.63, 3.8) is 0 Å². The molecule has 2 heterocycles. The number of piperidine rings is 1. The van der Waals surface area contributed by atoms with E-state index in [1.807, 2.05) is 10.9 Å². The summed E-state index contributed by atoms with van der Waals surface area (Å²) in [6.45, 7) is 4.34. The summed E-state index contributed by atoms with van der Waals surface area (Å²) in [6, 6.07) is 8.48. The van der Waals surface area contributed by atoms with E-state index in [2.05, 4.69) is 47.8 Å². The van der Waals surface area contributed by atoms with Crippen LogP contribution >= 0.6 is 0 Å². The molecule has 0 radical (unpaired) electrons. The van der Waals surface area contributed by atoms with Crippen LogP contribution in [0.3, 0.4) is 0 Å². The first-order valence-electron chi connectivity index (χ1n) is 6.65. The molecule has 0 bridgehead atoms. The van der Waals surface area contributed by atoms with Gasteiger partial charge in [-0.3, -0.25) is 0 Å². The van der Waals surface area contributed by atoms with E-state index in [-0.39, 0.29) is 0 Å². The highest BCUT2D eigenvalue weighted by Crippen LogP contribution is 2.23. The number of aryl methyl sites for hydroxylation is 1. The molecule has 1 aliphatic heterocycles. The predicted molar refractivity (Wildman–Crippen MR) is 73.1 cm³/mol. The molecule has 1 unspecified atom stereocenters. The fraction of sp³-hybridized carbons (Fsp3) is 0.400. The zero-order valence-electron chi connectivity index (χ0n) is 10.8. The monoisotopic (exact) mass is 241 g/mol. The summed E-state index contributed by atoms with van der Waals surface area (Å²) >= 11 is 0. The van der Waals surface area contributed by atoms with Crippen LogP contribution in [-0.4, -0.2) is 22.9 Å². The molecule has 3 rings (SSSR count). The van der Waals surface area contributed by atoms with Gasteiger partial charge in [-0.1, -0.05) is 17.7 Å². The van der Waals surface area contributed by atoms with E-state index in [0.717, 1.165) is 18.8 Å². The van der Waals surface area contributed by atoms with Gasteiger partial charge >= 0.3 is 0 Å². The first-order chi connectivity index (χ1) is 8.83. The molecule has 1 saturated heterocycles. The average molecular weight is 241 g/mol. The van der Waals surface area contributed by atoms with Crippen LogP contribution in [0.2, 0.25) is 0 Å². The van der Waals surface area contributed by atoms with Gasteiger partial charge in [-0.05, 0) is 49.9 Å². The molecule has 1 aromatic heterocycles. The van der Waals surface area contributed by atoms with Crippen molar-refractivity contribution in [1.29, 1.82) is 0 Å². The Morgan fingerprint density at radius 1 is 1.28 bits per heavy atom. The van der Waals surface area contributed by atoms with Crippen molar-refractivity contribution in [2.24, 2.45) is 0 Å². The highest BCUT2D eigenvalue weighted by Gasteiger charge is 2.16. The summed E-state index contributed by atoms with van der Waals surface area (Å²) in [5, 5.41) is 7.93. The van der Waals surface area contributed by atoms with E-state index in [0.29, 0.717) is 5.92 Å². The van der Waals surface area contributed by atoms with Crippen LogP contribution in [-0.2, 0) is 0 Å². The molecular formula is C15H19N3. The fourth-order valence-corrected chi connectivity index (χ4v) is 2.52. The minimum absolute atomic E-state index is 0.623. The van der Waals surface area contributed by atoms with Crippen molar-refractivity contribution in [3.8, 4) is 5.69 Å². The van der Waals surface area contributed by atoms with Crippen molar-refractivity contribution in [3.05, 3.63) is 47.8 Å². The molecule has 94 valence electrons. The summed E-state index contributed by atoms with van der Waals surface area (Å²) in [7, 11) is 0. The first kappa shape index (κ1) is 11.5. The van der Waals surface area contributed by atoms with Crippen LogP contribution in [0, 0.1) is 6.92 Å². The lowest BCUT2D eigenvalue weighted by Gasteiger charge is -2.21. The van der Waals surface area contributed by atoms with Gasteiger partial charge in [0.25, 0.3) is 0 Å². The van der Waals surface area contributed by atoms with Crippen LogP contribution in [0.5, 0.6) is 0 Å². The number of nitrogens with one attached hydrogen (secondary N) is 1. The molecule has 0 aliphatic carbocycles. The molecule has 0 saturated carbocycles. The molecule has 0 spiro atoms. The quantitative estimate of drug-likeness (QED) is 0.876. The van der Waals surface area contributed by atoms with E-state index in [4.69, 9.17) is 0 Å². The fourth-order valence-electron chi connectivity index (χ4n) is 2.52. The Morgan fingerprint density at radius 3 is 2.83 bits per heavy atom. The van der Waals surface area contributed by atoms with E-state index >= 15 is 0 Å². The van der Waals surface area contributed by atoms with Crippen molar-refractivity contribution in [1.82, 2.24) is 15.1 Å². The Kier molecular flexibility index (Phi) is 3.15. The molecule has 1 aromatic carbocycles. The lowest BCUT2D eigenvalue weighted by Crippen LogP contribution is -2.28. The maximum absolute atomic E-state index is 4.48. The molecule has 1 N–H and O–H groups in total. The van der Waals surface area contributed by atoms with Gasteiger partial charge in [-0.25, -0.2) is 4.68 Å². The van der Waals surface area contributed by atoms with Gasteiger partial charge in [0.05, 0.1) is 11.9 Å². The van der Waals surface area contributed by atoms with Gasteiger partial charge < -0.3 is 5.32 Å². The molecule has 18 heavy (non-hydrogen) atoms. The number of rotatable bonds is 2. The van der Waals surface area contributed by atoms with Gasteiger partial charge in [0.15, 0.2) is 0 Å². The van der Waals surface area contributed by atoms with Crippen LogP contribution in [0.25, 0.3) is 5.69 Å². The number of aromatic nitrogens is 2. The van der Waals surface area contributed by atoms with Gasteiger partial charge in [0.1, 0.15) is 0 Å². The molecular weight excluding hydrogens is 222 g/mol. The lowest BCUT2D eigenvalue weighted by molar-refractivity contribution is 0.461. The van der Waals surface area contributed by atoms with E-state index in [1.165, 1.54) is 24.0 Å². The molecule has 1 aliphatic rings. The Hall–Kier alpha value is -1.61. The highest BCUT2D eigenvalue weighted by molar-refractivity contribution is 5.34. The van der Waals surface area contributed by atoms with Gasteiger partial charge in [-0.15, -0.1) is 0 Å². The normalized spacial score (nSPS) is 19.9. The largest absolute Gasteiger partial charge is 0.316 e. The third-order valence-corrected chi connectivity index (χ3v) is 3.67. The van der Waals surface area contributed by atoms with Crippen LogP contribution < -0.4 is 5.32 Å². The molecule has 3 nitrogen and oxygen atoms in total. The molecule has 1 atom stereocenters. The molecule has 1 fully saturated rings. The minimum Gasteiger partial charge on any atom is -0.316 e. The SMILES string of the molecule is Cc1ccc(-n2cc(C3CCCNC3)cn2)cc1. The van der Waals surface area contributed by atoms with Gasteiger partial charge in [0.2, 0.25) is 0 Å². The predicted octanol–water partition coefficient (Wildman–Crippen LogP) is 2.65. The minimum atomic E-state index is 0.623. The number of hydrogen-bond donors (Lipinski definition) is 1. The summed E-state index contributed by atoms with van der Waals surface area (Å²) in [4.78, 5) is 0. The van der Waals surface area contributed by atoms with E-state index < -0.39 is 0 Å². The zero-order valence-corrected chi connectivity index (χ0v) is 10.8. The van der Waals surface area contributed by atoms with Crippen molar-refractivity contribution in [2.45, 2.75) is 25.7 Å². The van der Waals surface area contributed by atoms with Crippen LogP contribution in [0.15, 0.2) is 36.7 Å². The standard InChI is InChI=1S/C15H19N3/c1-12-4-6-15(7-5-12)18-11-14(10-17-18)13-3-2-8-16-9-13/h4-7,10-11,13,16H,2-3,8-9H2,1H3. The summed E-state index contributed by atoms with van der Waals surface area (Å²) < 4.78 is 1.98. The third-order valence-electron chi connectivity index (χ3n) is 3.67. The maximum Gasteiger partial charge on any atom is 0.0645 e. The number of hydrogen-bond acceptors (Lipinski definition) is 2. The zero-order chi connectivity index (χ0) is 12.4. The van der Waals surface area contributed by atoms with Crippen molar-refractivity contribution >= 4 is 0 Å².